The van der Waals surface area contributed by atoms with Crippen molar-refractivity contribution in [3.63, 3.8) is 0 Å². The lowest BCUT2D eigenvalue weighted by molar-refractivity contribution is 0.0705. The van der Waals surface area contributed by atoms with E-state index in [4.69, 9.17) is 0 Å². The second-order valence-electron chi connectivity index (χ2n) is 7.18. The Kier molecular flexibility index (Phi) is 5.92. The molecule has 0 bridgehead atoms. The Labute approximate surface area is 152 Å². The SMILES string of the molecule is O=C(c1ccc(CS(=O)(=O)C(F)F)cc1)N1CCC(NCC2CC2)CC1. The number of carbonyl (C=O) groups excluding carboxylic acids is 1. The van der Waals surface area contributed by atoms with Crippen LogP contribution in [0.25, 0.3) is 0 Å². The second-order valence-corrected chi connectivity index (χ2v) is 9.15. The van der Waals surface area contributed by atoms with E-state index in [1.54, 1.807) is 4.90 Å². The van der Waals surface area contributed by atoms with Crippen LogP contribution >= 0.6 is 0 Å². The van der Waals surface area contributed by atoms with Crippen molar-refractivity contribution in [1.29, 1.82) is 0 Å². The summed E-state index contributed by atoms with van der Waals surface area (Å²) in [6.07, 6.45) is 4.48. The first kappa shape index (κ1) is 19.2. The van der Waals surface area contributed by atoms with Crippen LogP contribution in [0.3, 0.4) is 0 Å². The summed E-state index contributed by atoms with van der Waals surface area (Å²) in [5, 5.41) is 3.56. The maximum Gasteiger partial charge on any atom is 0.337 e. The molecular weight excluding hydrogens is 362 g/mol. The molecular formula is C18H24F2N2O3S. The number of piperidine rings is 1. The Morgan fingerprint density at radius 1 is 1.12 bits per heavy atom. The zero-order chi connectivity index (χ0) is 18.7. The average Bonchev–Trinajstić information content (AvgIpc) is 3.44. The first-order valence-corrected chi connectivity index (χ1v) is 10.7. The quantitative estimate of drug-likeness (QED) is 0.782. The number of hydrogen-bond donors (Lipinski definition) is 1. The van der Waals surface area contributed by atoms with Gasteiger partial charge in [0.2, 0.25) is 9.84 Å². The van der Waals surface area contributed by atoms with E-state index in [9.17, 15) is 22.0 Å². The molecule has 0 spiro atoms. The molecule has 1 amide bonds. The van der Waals surface area contributed by atoms with Crippen molar-refractivity contribution in [1.82, 2.24) is 10.2 Å². The normalized spacial score (nSPS) is 19.1. The third-order valence-corrected chi connectivity index (χ3v) is 6.29. The number of carbonyl (C=O) groups is 1. The van der Waals surface area contributed by atoms with Gasteiger partial charge in [-0.25, -0.2) is 8.42 Å². The number of amides is 1. The molecule has 144 valence electrons. The van der Waals surface area contributed by atoms with Gasteiger partial charge in [0.05, 0.1) is 5.75 Å². The largest absolute Gasteiger partial charge is 0.339 e. The lowest BCUT2D eigenvalue weighted by atomic mass is 10.0. The molecule has 5 nitrogen and oxygen atoms in total. The van der Waals surface area contributed by atoms with Crippen molar-refractivity contribution < 1.29 is 22.0 Å². The average molecular weight is 386 g/mol. The number of hydrogen-bond acceptors (Lipinski definition) is 4. The predicted octanol–water partition coefficient (Wildman–Crippen LogP) is 2.43. The highest BCUT2D eigenvalue weighted by molar-refractivity contribution is 7.90. The molecule has 26 heavy (non-hydrogen) atoms. The Bertz CT molecular complexity index is 725. The van der Waals surface area contributed by atoms with Gasteiger partial charge in [0.1, 0.15) is 0 Å². The van der Waals surface area contributed by atoms with E-state index < -0.39 is 21.3 Å². The van der Waals surface area contributed by atoms with E-state index >= 15 is 0 Å². The molecule has 1 saturated carbocycles. The molecule has 3 rings (SSSR count). The van der Waals surface area contributed by atoms with Gasteiger partial charge in [0.25, 0.3) is 5.91 Å². The topological polar surface area (TPSA) is 66.5 Å². The molecule has 0 aromatic heterocycles. The standard InChI is InChI=1S/C18H24F2N2O3S/c19-18(20)26(24,25)12-14-3-5-15(6-4-14)17(23)22-9-7-16(8-10-22)21-11-13-1-2-13/h3-6,13,16,18,21H,1-2,7-12H2. The van der Waals surface area contributed by atoms with Gasteiger partial charge >= 0.3 is 5.76 Å². The molecule has 1 saturated heterocycles. The van der Waals surface area contributed by atoms with Crippen molar-refractivity contribution in [3.05, 3.63) is 35.4 Å². The fraction of sp³-hybridized carbons (Fsp3) is 0.611. The molecule has 1 aliphatic carbocycles. The fourth-order valence-corrected chi connectivity index (χ4v) is 3.95. The molecule has 2 aliphatic rings. The van der Waals surface area contributed by atoms with Gasteiger partial charge in [-0.05, 0) is 55.8 Å². The van der Waals surface area contributed by atoms with Crippen LogP contribution in [0.5, 0.6) is 0 Å². The molecule has 2 fully saturated rings. The van der Waals surface area contributed by atoms with Crippen LogP contribution in [0, 0.1) is 5.92 Å². The first-order chi connectivity index (χ1) is 12.3. The van der Waals surface area contributed by atoms with Gasteiger partial charge in [0, 0.05) is 24.7 Å². The minimum absolute atomic E-state index is 0.103. The number of nitrogens with zero attached hydrogens (tertiary/aromatic N) is 1. The summed E-state index contributed by atoms with van der Waals surface area (Å²) in [7, 11) is -4.45. The lowest BCUT2D eigenvalue weighted by Gasteiger charge is -2.32. The molecule has 1 aliphatic heterocycles. The Balaban J connectivity index is 1.51. The zero-order valence-corrected chi connectivity index (χ0v) is 15.4. The maximum atomic E-state index is 12.6. The summed E-state index contributed by atoms with van der Waals surface area (Å²) in [6, 6.07) is 6.34. The van der Waals surface area contributed by atoms with E-state index in [1.165, 1.54) is 37.1 Å². The Hall–Kier alpha value is -1.54. The number of nitrogens with one attached hydrogen (secondary N) is 1. The molecule has 0 atom stereocenters. The third kappa shape index (κ3) is 5.01. The van der Waals surface area contributed by atoms with E-state index in [1.807, 2.05) is 0 Å². The number of rotatable bonds is 7. The highest BCUT2D eigenvalue weighted by Gasteiger charge is 2.27. The Morgan fingerprint density at radius 3 is 2.27 bits per heavy atom. The van der Waals surface area contributed by atoms with Gasteiger partial charge < -0.3 is 10.2 Å². The van der Waals surface area contributed by atoms with E-state index in [0.717, 1.165) is 25.3 Å². The van der Waals surface area contributed by atoms with Crippen LogP contribution in [0.15, 0.2) is 24.3 Å². The van der Waals surface area contributed by atoms with Crippen molar-refractivity contribution >= 4 is 15.7 Å². The number of alkyl halides is 2. The van der Waals surface area contributed by atoms with Crippen LogP contribution in [-0.2, 0) is 15.6 Å². The van der Waals surface area contributed by atoms with Gasteiger partial charge in [0.15, 0.2) is 0 Å². The predicted molar refractivity (Wildman–Crippen MR) is 94.7 cm³/mol. The minimum atomic E-state index is -4.45. The van der Waals surface area contributed by atoms with Crippen molar-refractivity contribution in [2.75, 3.05) is 19.6 Å². The highest BCUT2D eigenvalue weighted by Crippen LogP contribution is 2.28. The van der Waals surface area contributed by atoms with Crippen LogP contribution < -0.4 is 5.32 Å². The summed E-state index contributed by atoms with van der Waals surface area (Å²) in [4.78, 5) is 14.3. The zero-order valence-electron chi connectivity index (χ0n) is 14.5. The van der Waals surface area contributed by atoms with E-state index in [0.29, 0.717) is 24.7 Å². The van der Waals surface area contributed by atoms with Crippen LogP contribution in [0.1, 0.15) is 41.6 Å². The molecule has 1 heterocycles. The molecule has 1 aromatic rings. The number of benzene rings is 1. The van der Waals surface area contributed by atoms with Crippen molar-refractivity contribution in [2.24, 2.45) is 5.92 Å². The summed E-state index contributed by atoms with van der Waals surface area (Å²) in [5.41, 5.74) is 0.706. The molecule has 8 heteroatoms. The highest BCUT2D eigenvalue weighted by atomic mass is 32.2. The van der Waals surface area contributed by atoms with Crippen molar-refractivity contribution in [3.8, 4) is 0 Å². The lowest BCUT2D eigenvalue weighted by Crippen LogP contribution is -2.45. The van der Waals surface area contributed by atoms with Crippen LogP contribution in [-0.4, -0.2) is 50.7 Å². The molecule has 0 radical (unpaired) electrons. The summed E-state index contributed by atoms with van der Waals surface area (Å²) in [5.74, 6) is -3.38. The smallest absolute Gasteiger partial charge is 0.337 e. The second kappa shape index (κ2) is 8.00. The van der Waals surface area contributed by atoms with E-state index in [2.05, 4.69) is 5.32 Å². The van der Waals surface area contributed by atoms with E-state index in [-0.39, 0.29) is 11.5 Å². The first-order valence-electron chi connectivity index (χ1n) is 8.96. The minimum Gasteiger partial charge on any atom is -0.339 e. The molecule has 0 unspecified atom stereocenters. The summed E-state index contributed by atoms with van der Waals surface area (Å²) in [6.45, 7) is 2.44. The Morgan fingerprint density at radius 2 is 1.73 bits per heavy atom. The number of halogens is 2. The molecule has 1 N–H and O–H groups in total. The van der Waals surface area contributed by atoms with Crippen molar-refractivity contribution in [2.45, 2.75) is 43.2 Å². The monoisotopic (exact) mass is 386 g/mol. The van der Waals surface area contributed by atoms with Gasteiger partial charge in [-0.15, -0.1) is 0 Å². The van der Waals surface area contributed by atoms with Gasteiger partial charge in [-0.1, -0.05) is 12.1 Å². The maximum absolute atomic E-state index is 12.6. The van der Waals surface area contributed by atoms with Crippen LogP contribution in [0.2, 0.25) is 0 Å². The van der Waals surface area contributed by atoms with Gasteiger partial charge in [-0.2, -0.15) is 8.78 Å². The van der Waals surface area contributed by atoms with Crippen LogP contribution in [0.4, 0.5) is 8.78 Å². The number of sulfone groups is 1. The summed E-state index contributed by atoms with van der Waals surface area (Å²) < 4.78 is 47.4. The third-order valence-electron chi connectivity index (χ3n) is 5.01. The fourth-order valence-electron chi connectivity index (χ4n) is 3.16. The van der Waals surface area contributed by atoms with Gasteiger partial charge in [-0.3, -0.25) is 4.79 Å². The molecule has 1 aromatic carbocycles. The summed E-state index contributed by atoms with van der Waals surface area (Å²) >= 11 is 0. The number of likely N-dealkylation sites (tertiary alicyclic amines) is 1.